The maximum Gasteiger partial charge on any atom is 0.377 e. The molecule has 2 rings (SSSR count). The number of carboxylic acids is 1. The van der Waals surface area contributed by atoms with Gasteiger partial charge in [0.05, 0.1) is 10.6 Å². The molecule has 0 aliphatic carbocycles. The summed E-state index contributed by atoms with van der Waals surface area (Å²) in [7, 11) is 0. The zero-order valence-electron chi connectivity index (χ0n) is 7.65. The van der Waals surface area contributed by atoms with Crippen molar-refractivity contribution in [3.05, 3.63) is 29.0 Å². The lowest BCUT2D eigenvalue weighted by molar-refractivity contribution is -0.131. The number of aromatic nitrogens is 2. The van der Waals surface area contributed by atoms with Crippen molar-refractivity contribution in [3.8, 4) is 11.4 Å². The van der Waals surface area contributed by atoms with Crippen LogP contribution in [0, 0.1) is 0 Å². The summed E-state index contributed by atoms with van der Waals surface area (Å²) >= 11 is 5.73. The Morgan fingerprint density at radius 3 is 2.81 bits per heavy atom. The molecule has 0 spiro atoms. The third-order valence-electron chi connectivity index (χ3n) is 2.03. The summed E-state index contributed by atoms with van der Waals surface area (Å²) in [6.45, 7) is 0. The SMILES string of the molecule is O=C(O)C(=O)c1cnc2c(Cl)ccn(F)c1-2. The highest BCUT2D eigenvalue weighted by Gasteiger charge is 2.26. The number of nitrogens with zero attached hydrogens (tertiary/aromatic N) is 2. The quantitative estimate of drug-likeness (QED) is 0.642. The maximum absolute atomic E-state index is 13.4. The normalized spacial score (nSPS) is 10.6. The van der Waals surface area contributed by atoms with E-state index in [1.165, 1.54) is 6.07 Å². The van der Waals surface area contributed by atoms with Crippen LogP contribution < -0.4 is 0 Å². The molecule has 2 aliphatic rings. The molecule has 0 saturated heterocycles. The fourth-order valence-corrected chi connectivity index (χ4v) is 1.53. The summed E-state index contributed by atoms with van der Waals surface area (Å²) in [6.07, 6.45) is 1.97. The monoisotopic (exact) mass is 242 g/mol. The number of fused-ring (bicyclic) bond motifs is 1. The number of carboxylic acid groups (broad SMARTS) is 1. The van der Waals surface area contributed by atoms with E-state index in [1.54, 1.807) is 0 Å². The van der Waals surface area contributed by atoms with Gasteiger partial charge in [0.1, 0.15) is 11.4 Å². The van der Waals surface area contributed by atoms with Crippen LogP contribution in [0.3, 0.4) is 0 Å². The zero-order chi connectivity index (χ0) is 11.9. The molecule has 0 fully saturated rings. The van der Waals surface area contributed by atoms with Crippen molar-refractivity contribution >= 4 is 23.4 Å². The molecule has 2 heterocycles. The Morgan fingerprint density at radius 1 is 1.50 bits per heavy atom. The molecule has 0 bridgehead atoms. The molecule has 0 amide bonds. The van der Waals surface area contributed by atoms with E-state index < -0.39 is 11.8 Å². The van der Waals surface area contributed by atoms with Gasteiger partial charge in [0.25, 0.3) is 5.78 Å². The second kappa shape index (κ2) is 3.57. The molecular weight excluding hydrogens is 239 g/mol. The lowest BCUT2D eigenvalue weighted by Crippen LogP contribution is -2.13. The van der Waals surface area contributed by atoms with Crippen LogP contribution in [0.5, 0.6) is 0 Å². The van der Waals surface area contributed by atoms with Gasteiger partial charge in [-0.2, -0.15) is 4.79 Å². The van der Waals surface area contributed by atoms with Crippen LogP contribution >= 0.6 is 11.6 Å². The molecule has 0 aromatic rings. The first-order chi connectivity index (χ1) is 7.52. The van der Waals surface area contributed by atoms with Crippen LogP contribution in [0.1, 0.15) is 10.4 Å². The Bertz CT molecular complexity index is 566. The summed E-state index contributed by atoms with van der Waals surface area (Å²) < 4.78 is 13.4. The first-order valence-electron chi connectivity index (χ1n) is 4.11. The van der Waals surface area contributed by atoms with Gasteiger partial charge in [-0.3, -0.25) is 9.78 Å². The molecule has 16 heavy (non-hydrogen) atoms. The van der Waals surface area contributed by atoms with E-state index in [0.717, 1.165) is 12.4 Å². The Labute approximate surface area is 93.4 Å². The average Bonchev–Trinajstić information content (AvgIpc) is 2.67. The van der Waals surface area contributed by atoms with Crippen LogP contribution in [-0.2, 0) is 4.79 Å². The van der Waals surface area contributed by atoms with E-state index in [1.807, 2.05) is 0 Å². The zero-order valence-corrected chi connectivity index (χ0v) is 8.40. The minimum Gasteiger partial charge on any atom is -0.475 e. The van der Waals surface area contributed by atoms with Gasteiger partial charge < -0.3 is 5.11 Å². The Balaban J connectivity index is 2.69. The number of aliphatic carboxylic acids is 1. The fourth-order valence-electron chi connectivity index (χ4n) is 1.34. The second-order valence-corrected chi connectivity index (χ2v) is 3.39. The van der Waals surface area contributed by atoms with E-state index in [2.05, 4.69) is 4.98 Å². The number of ketones is 1. The number of carbonyl (C=O) groups excluding carboxylic acids is 1. The predicted molar refractivity (Wildman–Crippen MR) is 52.3 cm³/mol. The van der Waals surface area contributed by atoms with Gasteiger partial charge in [-0.1, -0.05) is 16.1 Å². The second-order valence-electron chi connectivity index (χ2n) is 2.98. The van der Waals surface area contributed by atoms with Gasteiger partial charge in [-0.15, -0.1) is 0 Å². The van der Waals surface area contributed by atoms with E-state index in [4.69, 9.17) is 16.7 Å². The van der Waals surface area contributed by atoms with Gasteiger partial charge in [0, 0.05) is 12.4 Å². The molecule has 0 aromatic heterocycles. The van der Waals surface area contributed by atoms with Crippen molar-refractivity contribution in [1.29, 1.82) is 0 Å². The molecule has 0 unspecified atom stereocenters. The topological polar surface area (TPSA) is 72.2 Å². The van der Waals surface area contributed by atoms with Crippen LogP contribution in [-0.4, -0.2) is 26.6 Å². The molecule has 0 radical (unpaired) electrons. The molecule has 2 aliphatic heterocycles. The number of hydrogen-bond acceptors (Lipinski definition) is 3. The summed E-state index contributed by atoms with van der Waals surface area (Å²) in [5.74, 6) is -2.90. The van der Waals surface area contributed by atoms with Crippen LogP contribution in [0.25, 0.3) is 11.4 Å². The van der Waals surface area contributed by atoms with Crippen LogP contribution in [0.15, 0.2) is 18.5 Å². The van der Waals surface area contributed by atoms with Gasteiger partial charge >= 0.3 is 5.97 Å². The molecule has 1 N–H and O–H groups in total. The summed E-state index contributed by atoms with van der Waals surface area (Å²) in [6, 6.07) is 1.26. The number of hydrogen-bond donors (Lipinski definition) is 1. The lowest BCUT2D eigenvalue weighted by atomic mass is 10.1. The highest BCUT2D eigenvalue weighted by atomic mass is 35.5. The minimum atomic E-state index is -1.67. The minimum absolute atomic E-state index is 0.0521. The van der Waals surface area contributed by atoms with Crippen molar-refractivity contribution in [2.24, 2.45) is 0 Å². The number of Topliss-reactive ketones (excluding diaryl/α,β-unsaturated/α-hetero) is 1. The van der Waals surface area contributed by atoms with Crippen molar-refractivity contribution in [2.45, 2.75) is 0 Å². The Hall–Kier alpha value is -1.95. The molecule has 7 heteroatoms. The first-order valence-corrected chi connectivity index (χ1v) is 4.49. The Morgan fingerprint density at radius 2 is 2.19 bits per heavy atom. The first kappa shape index (κ1) is 10.6. The number of rotatable bonds is 2. The van der Waals surface area contributed by atoms with E-state index in [-0.39, 0.29) is 26.8 Å². The summed E-state index contributed by atoms with van der Waals surface area (Å²) in [5.41, 5.74) is -0.510. The molecule has 5 nitrogen and oxygen atoms in total. The van der Waals surface area contributed by atoms with E-state index in [9.17, 15) is 14.1 Å². The molecular formula is C9H4ClFN2O3. The lowest BCUT2D eigenvalue weighted by Gasteiger charge is -2.05. The maximum atomic E-state index is 13.4. The molecule has 0 atom stereocenters. The van der Waals surface area contributed by atoms with Gasteiger partial charge in [0.2, 0.25) is 0 Å². The Kier molecular flexibility index (Phi) is 2.35. The third kappa shape index (κ3) is 1.43. The highest BCUT2D eigenvalue weighted by molar-refractivity contribution is 6.41. The smallest absolute Gasteiger partial charge is 0.377 e. The standard InChI is InChI=1S/C9H4ClFN2O3/c10-5-1-2-13(11)7-4(3-12-6(5)7)8(14)9(15)16/h1-3H,(H,15,16). The van der Waals surface area contributed by atoms with Crippen LogP contribution in [0.2, 0.25) is 5.02 Å². The molecule has 82 valence electrons. The number of carbonyl (C=O) groups is 2. The van der Waals surface area contributed by atoms with Crippen molar-refractivity contribution in [3.63, 3.8) is 0 Å². The summed E-state index contributed by atoms with van der Waals surface area (Å²) in [4.78, 5) is 25.5. The highest BCUT2D eigenvalue weighted by Crippen LogP contribution is 2.31. The molecule has 0 saturated carbocycles. The number of halogens is 2. The van der Waals surface area contributed by atoms with Crippen LogP contribution in [0.4, 0.5) is 4.48 Å². The van der Waals surface area contributed by atoms with Crippen molar-refractivity contribution in [1.82, 2.24) is 9.77 Å². The van der Waals surface area contributed by atoms with Gasteiger partial charge in [-0.25, -0.2) is 4.79 Å². The number of pyridine rings is 1. The van der Waals surface area contributed by atoms with Gasteiger partial charge in [0.15, 0.2) is 0 Å². The fraction of sp³-hybridized carbons (Fsp3) is 0. The van der Waals surface area contributed by atoms with Crippen molar-refractivity contribution in [2.75, 3.05) is 0 Å². The largest absolute Gasteiger partial charge is 0.475 e. The van der Waals surface area contributed by atoms with Crippen molar-refractivity contribution < 1.29 is 19.2 Å². The molecule has 0 aromatic carbocycles. The van der Waals surface area contributed by atoms with E-state index >= 15 is 0 Å². The third-order valence-corrected chi connectivity index (χ3v) is 2.34. The predicted octanol–water partition coefficient (Wildman–Crippen LogP) is 1.64. The average molecular weight is 243 g/mol. The summed E-state index contributed by atoms with van der Waals surface area (Å²) in [5, 5.41) is 8.68. The van der Waals surface area contributed by atoms with Gasteiger partial charge in [-0.05, 0) is 6.07 Å². The van der Waals surface area contributed by atoms with E-state index in [0.29, 0.717) is 0 Å².